The van der Waals surface area contributed by atoms with Crippen molar-refractivity contribution in [3.63, 3.8) is 0 Å². The van der Waals surface area contributed by atoms with E-state index in [1.807, 2.05) is 527 Å². The van der Waals surface area contributed by atoms with Gasteiger partial charge in [0.15, 0.2) is 0 Å². The van der Waals surface area contributed by atoms with Crippen molar-refractivity contribution in [2.24, 2.45) is 0 Å². The summed E-state index contributed by atoms with van der Waals surface area (Å²) in [5.74, 6) is 0. The normalized spacial score (nSPS) is 6.04. The van der Waals surface area contributed by atoms with Gasteiger partial charge in [-0.3, -0.25) is 0 Å². The van der Waals surface area contributed by atoms with Crippen LogP contribution in [0.4, 0.5) is 0 Å². The first-order valence-electron chi connectivity index (χ1n) is 36.4. The molecule has 0 aromatic heterocycles. The van der Waals surface area contributed by atoms with E-state index < -0.39 is 0 Å². The largest absolute Gasteiger partial charge is 0.0776 e. The van der Waals surface area contributed by atoms with Crippen LogP contribution in [0.5, 0.6) is 0 Å². The fraction of sp³-hybridized carbons (Fsp3) is 0.402. The highest BCUT2D eigenvalue weighted by atomic mass is 13.9. The predicted molar refractivity (Wildman–Crippen MR) is 482 cm³/mol. The highest BCUT2D eigenvalue weighted by Gasteiger charge is 1.85. The molecule has 0 bridgehead atoms. The molecule has 0 fully saturated rings. The second kappa shape index (κ2) is 228. The van der Waals surface area contributed by atoms with Crippen LogP contribution in [0.25, 0.3) is 10.8 Å². The van der Waals surface area contributed by atoms with Crippen LogP contribution in [-0.4, -0.2) is 0 Å². The van der Waals surface area contributed by atoms with Crippen molar-refractivity contribution < 1.29 is 0 Å². The van der Waals surface area contributed by atoms with Gasteiger partial charge < -0.3 is 0 Å². The quantitative estimate of drug-likeness (QED) is 0.142. The molecule has 97 heavy (non-hydrogen) atoms. The Bertz CT molecular complexity index is 1470. The lowest BCUT2D eigenvalue weighted by molar-refractivity contribution is 1.50. The third-order valence-corrected chi connectivity index (χ3v) is 6.99. The molecule has 0 heteroatoms. The highest BCUT2D eigenvalue weighted by molar-refractivity contribution is 5.82. The minimum Gasteiger partial charge on any atom is -0.0776 e. The molecule has 0 N–H and O–H groups in total. The molecule has 0 aliphatic carbocycles. The number of hydrogen-bond donors (Lipinski definition) is 0. The van der Waals surface area contributed by atoms with Crippen molar-refractivity contribution in [1.29, 1.82) is 0 Å². The summed E-state index contributed by atoms with van der Waals surface area (Å²) in [5.41, 5.74) is 0. The van der Waals surface area contributed by atoms with Gasteiger partial charge in [-0.15, -0.1) is 0 Å². The van der Waals surface area contributed by atoms with E-state index in [9.17, 15) is 0 Å². The molecule has 10 aromatic carbocycles. The standard InChI is InChI=1S/C10H8.8C6H6.17C2H6.5CH4/c1-2-6-10-8-4-3-7-9(10)5-1;8*1-2-4-6-5-3-1;17*1-2;;;;;/h1-8H;8*1-6H;17*1-2H3;5*1H4. The second-order valence-electron chi connectivity index (χ2n) is 11.6. The lowest BCUT2D eigenvalue weighted by Crippen LogP contribution is -1.67. The Morgan fingerprint density at radius 3 is 0.165 bits per heavy atom. The van der Waals surface area contributed by atoms with E-state index in [-0.39, 0.29) is 37.1 Å². The van der Waals surface area contributed by atoms with Gasteiger partial charge in [-0.1, -0.05) is 612 Å². The maximum absolute atomic E-state index is 2.12. The maximum atomic E-state index is 2.12. The molecular formula is C97H178. The minimum atomic E-state index is 0. The summed E-state index contributed by atoms with van der Waals surface area (Å²) in [6.07, 6.45) is 0. The molecule has 0 nitrogen and oxygen atoms in total. The Labute approximate surface area is 619 Å². The number of benzene rings is 10. The zero-order chi connectivity index (χ0) is 74.8. The van der Waals surface area contributed by atoms with Crippen LogP contribution >= 0.6 is 0 Å². The van der Waals surface area contributed by atoms with Crippen LogP contribution in [0.3, 0.4) is 0 Å². The van der Waals surface area contributed by atoms with Crippen molar-refractivity contribution in [2.75, 3.05) is 0 Å². The van der Waals surface area contributed by atoms with Gasteiger partial charge in [0.2, 0.25) is 0 Å². The van der Waals surface area contributed by atoms with Crippen LogP contribution in [0.2, 0.25) is 0 Å². The molecule has 10 aromatic rings. The van der Waals surface area contributed by atoms with Gasteiger partial charge in [0.05, 0.1) is 0 Å². The highest BCUT2D eigenvalue weighted by Crippen LogP contribution is 2.11. The van der Waals surface area contributed by atoms with Crippen molar-refractivity contribution in [3.05, 3.63) is 340 Å². The van der Waals surface area contributed by atoms with Gasteiger partial charge >= 0.3 is 0 Å². The first-order valence-corrected chi connectivity index (χ1v) is 36.4. The summed E-state index contributed by atoms with van der Waals surface area (Å²) >= 11 is 0. The van der Waals surface area contributed by atoms with Gasteiger partial charge in [-0.2, -0.15) is 0 Å². The first-order chi connectivity index (χ1) is 46.0. The van der Waals surface area contributed by atoms with E-state index in [1.54, 1.807) is 0 Å². The molecule has 0 atom stereocenters. The molecule has 0 aliphatic rings. The Morgan fingerprint density at radius 1 is 0.0825 bits per heavy atom. The molecule has 0 saturated heterocycles. The monoisotopic (exact) mass is 1340 g/mol. The molecule has 0 unspecified atom stereocenters. The Hall–Kier alpha value is -7.54. The molecule has 0 aliphatic heterocycles. The predicted octanol–water partition coefficient (Wildman–Crippen LogP) is 37.0. The minimum absolute atomic E-state index is 0. The average molecular weight is 1340 g/mol. The lowest BCUT2D eigenvalue weighted by atomic mass is 10.1. The average Bonchev–Trinajstić information content (AvgIpc) is 2.34. The number of rotatable bonds is 0. The summed E-state index contributed by atoms with van der Waals surface area (Å²) in [6, 6.07) is 113. The zero-order valence-electron chi connectivity index (χ0n) is 67.3. The van der Waals surface area contributed by atoms with Gasteiger partial charge in [0.25, 0.3) is 0 Å². The molecule has 566 valence electrons. The zero-order valence-corrected chi connectivity index (χ0v) is 67.3. The summed E-state index contributed by atoms with van der Waals surface area (Å²) in [5, 5.41) is 2.62. The van der Waals surface area contributed by atoms with Crippen molar-refractivity contribution >= 4 is 10.8 Å². The van der Waals surface area contributed by atoms with Crippen LogP contribution < -0.4 is 0 Å². The van der Waals surface area contributed by atoms with Crippen LogP contribution in [-0.2, 0) is 0 Å². The topological polar surface area (TPSA) is 0 Å². The maximum Gasteiger partial charge on any atom is -0.0184 e. The van der Waals surface area contributed by atoms with E-state index in [4.69, 9.17) is 0 Å². The molecule has 0 amide bonds. The molecule has 10 rings (SSSR count). The van der Waals surface area contributed by atoms with E-state index in [1.165, 1.54) is 10.8 Å². The smallest absolute Gasteiger partial charge is 0.0184 e. The van der Waals surface area contributed by atoms with Gasteiger partial charge in [-0.25, -0.2) is 0 Å². The van der Waals surface area contributed by atoms with E-state index in [0.29, 0.717) is 0 Å². The summed E-state index contributed by atoms with van der Waals surface area (Å²) in [4.78, 5) is 0. The fourth-order valence-electron chi connectivity index (χ4n) is 4.21. The number of fused-ring (bicyclic) bond motifs is 1. The third-order valence-electron chi connectivity index (χ3n) is 6.99. The molecule has 0 heterocycles. The summed E-state index contributed by atoms with van der Waals surface area (Å²) in [7, 11) is 0. The van der Waals surface area contributed by atoms with E-state index in [2.05, 4.69) is 48.5 Å². The first kappa shape index (κ1) is 149. The van der Waals surface area contributed by atoms with Crippen LogP contribution in [0, 0.1) is 0 Å². The summed E-state index contributed by atoms with van der Waals surface area (Å²) < 4.78 is 0. The molecule has 0 spiro atoms. The van der Waals surface area contributed by atoms with Gasteiger partial charge in [0.1, 0.15) is 0 Å². The van der Waals surface area contributed by atoms with Crippen molar-refractivity contribution in [2.45, 2.75) is 273 Å². The van der Waals surface area contributed by atoms with Gasteiger partial charge in [-0.05, 0) is 10.8 Å². The van der Waals surface area contributed by atoms with Crippen LogP contribution in [0.15, 0.2) is 340 Å². The Kier molecular flexibility index (Phi) is 351. The fourth-order valence-corrected chi connectivity index (χ4v) is 4.21. The second-order valence-corrected chi connectivity index (χ2v) is 11.6. The van der Waals surface area contributed by atoms with E-state index >= 15 is 0 Å². The third kappa shape index (κ3) is 193. The number of hydrogen-bond acceptors (Lipinski definition) is 0. The van der Waals surface area contributed by atoms with Crippen LogP contribution in [0.1, 0.15) is 273 Å². The lowest BCUT2D eigenvalue weighted by Gasteiger charge is -1.92. The SMILES string of the molecule is C.C.C.C.C.CC.CC.CC.CC.CC.CC.CC.CC.CC.CC.CC.CC.CC.CC.CC.CC.CC.c1ccc2ccccc2c1.c1ccccc1.c1ccccc1.c1ccccc1.c1ccccc1.c1ccccc1.c1ccccc1.c1ccccc1.c1ccccc1. The van der Waals surface area contributed by atoms with E-state index in [0.717, 1.165) is 0 Å². The summed E-state index contributed by atoms with van der Waals surface area (Å²) in [6.45, 7) is 68.0. The van der Waals surface area contributed by atoms with Crippen molar-refractivity contribution in [3.8, 4) is 0 Å². The Morgan fingerprint density at radius 2 is 0.124 bits per heavy atom. The molecule has 0 saturated carbocycles. The van der Waals surface area contributed by atoms with Crippen molar-refractivity contribution in [1.82, 2.24) is 0 Å². The van der Waals surface area contributed by atoms with Gasteiger partial charge in [0, 0.05) is 0 Å². The Balaban J connectivity index is -0.0000000333. The molecular weight excluding hydrogens is 1170 g/mol. The molecule has 0 radical (unpaired) electrons.